The maximum atomic E-state index is 6.10. The van der Waals surface area contributed by atoms with Crippen molar-refractivity contribution in [3.8, 4) is 0 Å². The highest BCUT2D eigenvalue weighted by molar-refractivity contribution is 7.09. The summed E-state index contributed by atoms with van der Waals surface area (Å²) in [7, 11) is 3.95. The first-order valence-electron chi connectivity index (χ1n) is 5.73. The van der Waals surface area contributed by atoms with Gasteiger partial charge in [-0.15, -0.1) is 11.3 Å². The lowest BCUT2D eigenvalue weighted by molar-refractivity contribution is 0.812. The molecule has 2 heterocycles. The Morgan fingerprint density at radius 3 is 3.00 bits per heavy atom. The van der Waals surface area contributed by atoms with Crippen LogP contribution in [0.15, 0.2) is 29.8 Å². The molecule has 0 aliphatic carbocycles. The van der Waals surface area contributed by atoms with E-state index in [9.17, 15) is 0 Å². The van der Waals surface area contributed by atoms with Gasteiger partial charge in [-0.1, -0.05) is 17.7 Å². The van der Waals surface area contributed by atoms with E-state index in [0.29, 0.717) is 5.02 Å². The van der Waals surface area contributed by atoms with E-state index in [1.165, 1.54) is 4.88 Å². The van der Waals surface area contributed by atoms with Crippen molar-refractivity contribution < 1.29 is 0 Å². The molecule has 0 spiro atoms. The molecule has 0 bridgehead atoms. The average Bonchev–Trinajstić information content (AvgIpc) is 2.85. The summed E-state index contributed by atoms with van der Waals surface area (Å²) in [4.78, 5) is 7.82. The van der Waals surface area contributed by atoms with Gasteiger partial charge in [-0.05, 0) is 30.1 Å². The van der Waals surface area contributed by atoms with Gasteiger partial charge in [0.25, 0.3) is 0 Å². The largest absolute Gasteiger partial charge is 0.355 e. The molecule has 0 aliphatic heterocycles. The summed E-state index contributed by atoms with van der Waals surface area (Å²) in [5.74, 6) is 0.943. The lowest BCUT2D eigenvalue weighted by atomic mass is 10.2. The fourth-order valence-electron chi connectivity index (χ4n) is 1.72. The first kappa shape index (κ1) is 13.3. The van der Waals surface area contributed by atoms with Crippen LogP contribution in [-0.4, -0.2) is 19.1 Å². The Morgan fingerprint density at radius 1 is 1.50 bits per heavy atom. The van der Waals surface area contributed by atoms with Crippen molar-refractivity contribution in [2.75, 3.05) is 19.0 Å². The quantitative estimate of drug-likeness (QED) is 0.912. The average molecular weight is 282 g/mol. The second-order valence-electron chi connectivity index (χ2n) is 4.10. The molecular formula is C13H16ClN3S. The fourth-order valence-corrected chi connectivity index (χ4v) is 2.65. The molecule has 96 valence electrons. The number of aromatic nitrogens is 1. The van der Waals surface area contributed by atoms with Crippen LogP contribution in [0.3, 0.4) is 0 Å². The van der Waals surface area contributed by atoms with Gasteiger partial charge in [0.1, 0.15) is 5.82 Å². The highest BCUT2D eigenvalue weighted by atomic mass is 35.5. The van der Waals surface area contributed by atoms with Crippen molar-refractivity contribution in [3.05, 3.63) is 45.2 Å². The molecule has 3 nitrogen and oxygen atoms in total. The summed E-state index contributed by atoms with van der Waals surface area (Å²) in [6.07, 6.45) is 1.72. The van der Waals surface area contributed by atoms with Crippen molar-refractivity contribution in [2.24, 2.45) is 0 Å². The summed E-state index contributed by atoms with van der Waals surface area (Å²) >= 11 is 7.86. The van der Waals surface area contributed by atoms with Gasteiger partial charge in [0.05, 0.1) is 11.6 Å². The maximum absolute atomic E-state index is 6.10. The Morgan fingerprint density at radius 2 is 2.33 bits per heavy atom. The number of rotatable bonds is 5. The zero-order chi connectivity index (χ0) is 13.0. The van der Waals surface area contributed by atoms with Crippen molar-refractivity contribution >= 4 is 28.8 Å². The first-order valence-corrected chi connectivity index (χ1v) is 6.99. The number of anilines is 1. The van der Waals surface area contributed by atoms with Gasteiger partial charge >= 0.3 is 0 Å². The van der Waals surface area contributed by atoms with Gasteiger partial charge in [0, 0.05) is 24.7 Å². The molecule has 0 aliphatic rings. The van der Waals surface area contributed by atoms with Crippen molar-refractivity contribution in [1.82, 2.24) is 10.3 Å². The summed E-state index contributed by atoms with van der Waals surface area (Å²) in [6, 6.07) is 6.23. The molecule has 0 aromatic carbocycles. The van der Waals surface area contributed by atoms with Crippen LogP contribution in [0.2, 0.25) is 5.02 Å². The normalized spacial score (nSPS) is 10.6. The predicted molar refractivity (Wildman–Crippen MR) is 78.4 cm³/mol. The Labute approximate surface area is 116 Å². The van der Waals surface area contributed by atoms with Crippen molar-refractivity contribution in [2.45, 2.75) is 13.1 Å². The third-order valence-corrected chi connectivity index (χ3v) is 3.85. The summed E-state index contributed by atoms with van der Waals surface area (Å²) in [5.41, 5.74) is 1.07. The Kier molecular flexibility index (Phi) is 4.58. The number of pyridine rings is 1. The number of nitrogens with one attached hydrogen (secondary N) is 1. The molecule has 0 radical (unpaired) electrons. The monoisotopic (exact) mass is 281 g/mol. The van der Waals surface area contributed by atoms with Gasteiger partial charge in [-0.25, -0.2) is 4.98 Å². The maximum Gasteiger partial charge on any atom is 0.128 e. The lowest BCUT2D eigenvalue weighted by Gasteiger charge is -2.18. The molecule has 0 fully saturated rings. The number of halogens is 1. The second-order valence-corrected chi connectivity index (χ2v) is 5.54. The smallest absolute Gasteiger partial charge is 0.128 e. The highest BCUT2D eigenvalue weighted by Crippen LogP contribution is 2.21. The molecule has 0 saturated carbocycles. The van der Waals surface area contributed by atoms with E-state index in [1.54, 1.807) is 17.5 Å². The van der Waals surface area contributed by atoms with Crippen LogP contribution in [0, 0.1) is 0 Å². The van der Waals surface area contributed by atoms with Crippen LogP contribution in [0.1, 0.15) is 10.4 Å². The van der Waals surface area contributed by atoms with E-state index in [1.807, 2.05) is 20.2 Å². The van der Waals surface area contributed by atoms with Crippen LogP contribution >= 0.6 is 22.9 Å². The fraction of sp³-hybridized carbons (Fsp3) is 0.308. The molecule has 2 rings (SSSR count). The van der Waals surface area contributed by atoms with E-state index in [-0.39, 0.29) is 0 Å². The van der Waals surface area contributed by atoms with Crippen LogP contribution in [0.5, 0.6) is 0 Å². The van der Waals surface area contributed by atoms with E-state index in [0.717, 1.165) is 24.5 Å². The van der Waals surface area contributed by atoms with Crippen LogP contribution in [-0.2, 0) is 13.1 Å². The van der Waals surface area contributed by atoms with E-state index in [4.69, 9.17) is 11.6 Å². The third-order valence-electron chi connectivity index (χ3n) is 2.65. The molecular weight excluding hydrogens is 266 g/mol. The van der Waals surface area contributed by atoms with Gasteiger partial charge in [0.15, 0.2) is 0 Å². The van der Waals surface area contributed by atoms with Crippen LogP contribution in [0.25, 0.3) is 0 Å². The minimum absolute atomic E-state index is 0.706. The Hall–Kier alpha value is -1.10. The molecule has 0 amide bonds. The number of hydrogen-bond acceptors (Lipinski definition) is 4. The molecule has 2 aromatic rings. The summed E-state index contributed by atoms with van der Waals surface area (Å²) in [6.45, 7) is 1.62. The van der Waals surface area contributed by atoms with E-state index in [2.05, 4.69) is 32.7 Å². The van der Waals surface area contributed by atoms with E-state index >= 15 is 0 Å². The summed E-state index contributed by atoms with van der Waals surface area (Å²) < 4.78 is 0. The minimum Gasteiger partial charge on any atom is -0.355 e. The number of nitrogens with zero attached hydrogens (tertiary/aromatic N) is 2. The van der Waals surface area contributed by atoms with Crippen LogP contribution in [0.4, 0.5) is 5.82 Å². The van der Waals surface area contributed by atoms with Crippen molar-refractivity contribution in [3.63, 3.8) is 0 Å². The molecule has 0 unspecified atom stereocenters. The Balaban J connectivity index is 2.14. The van der Waals surface area contributed by atoms with Crippen molar-refractivity contribution in [1.29, 1.82) is 0 Å². The second kappa shape index (κ2) is 6.18. The van der Waals surface area contributed by atoms with Gasteiger partial charge in [0.2, 0.25) is 0 Å². The van der Waals surface area contributed by atoms with Gasteiger partial charge < -0.3 is 10.2 Å². The topological polar surface area (TPSA) is 28.2 Å². The van der Waals surface area contributed by atoms with Gasteiger partial charge in [-0.2, -0.15) is 0 Å². The Bertz CT molecular complexity index is 499. The molecule has 2 aromatic heterocycles. The third kappa shape index (κ3) is 3.22. The number of hydrogen-bond donors (Lipinski definition) is 1. The molecule has 18 heavy (non-hydrogen) atoms. The SMILES string of the molecule is CNCc1cc(N(C)Cc2cccs2)ncc1Cl. The number of thiophene rings is 1. The highest BCUT2D eigenvalue weighted by Gasteiger charge is 2.07. The zero-order valence-electron chi connectivity index (χ0n) is 10.5. The van der Waals surface area contributed by atoms with E-state index < -0.39 is 0 Å². The zero-order valence-corrected chi connectivity index (χ0v) is 12.1. The molecule has 0 saturated heterocycles. The molecule has 1 N–H and O–H groups in total. The lowest BCUT2D eigenvalue weighted by Crippen LogP contribution is -2.17. The first-order chi connectivity index (χ1) is 8.70. The standard InChI is InChI=1S/C13H16ClN3S/c1-15-7-10-6-13(16-8-12(10)14)17(2)9-11-4-3-5-18-11/h3-6,8,15H,7,9H2,1-2H3. The van der Waals surface area contributed by atoms with Crippen LogP contribution < -0.4 is 10.2 Å². The predicted octanol–water partition coefficient (Wildman–Crippen LogP) is 3.15. The minimum atomic E-state index is 0.706. The molecule has 0 atom stereocenters. The summed E-state index contributed by atoms with van der Waals surface area (Å²) in [5, 5.41) is 5.90. The van der Waals surface area contributed by atoms with Gasteiger partial charge in [-0.3, -0.25) is 0 Å². The molecule has 5 heteroatoms.